The number of ether oxygens (including phenoxy) is 2. The Labute approximate surface area is 111 Å². The molecule has 96 valence electrons. The molecule has 0 saturated heterocycles. The lowest BCUT2D eigenvalue weighted by molar-refractivity contribution is -0.367. The summed E-state index contributed by atoms with van der Waals surface area (Å²) in [6.07, 6.45) is 0. The third-order valence-corrected chi connectivity index (χ3v) is 3.12. The molecular formula is C15H13NO3. The van der Waals surface area contributed by atoms with Crippen LogP contribution >= 0.6 is 0 Å². The summed E-state index contributed by atoms with van der Waals surface area (Å²) in [5.41, 5.74) is 1.98. The number of fused-ring (bicyclic) bond motifs is 1. The Morgan fingerprint density at radius 3 is 2.58 bits per heavy atom. The van der Waals surface area contributed by atoms with Gasteiger partial charge in [-0.1, -0.05) is 12.1 Å². The molecule has 0 bridgehead atoms. The molecule has 4 nitrogen and oxygen atoms in total. The third kappa shape index (κ3) is 2.01. The Bertz CT molecular complexity index is 632. The van der Waals surface area contributed by atoms with E-state index in [1.165, 1.54) is 0 Å². The molecule has 0 aliphatic carbocycles. The van der Waals surface area contributed by atoms with E-state index in [9.17, 15) is 5.21 Å². The van der Waals surface area contributed by atoms with Gasteiger partial charge in [0.2, 0.25) is 5.71 Å². The molecule has 19 heavy (non-hydrogen) atoms. The predicted octanol–water partition coefficient (Wildman–Crippen LogP) is 2.72. The molecule has 0 N–H and O–H groups in total. The lowest BCUT2D eigenvalue weighted by Crippen LogP contribution is -2.25. The van der Waals surface area contributed by atoms with Gasteiger partial charge in [-0.05, 0) is 30.3 Å². The molecule has 2 aromatic carbocycles. The molecule has 0 spiro atoms. The van der Waals surface area contributed by atoms with E-state index in [4.69, 9.17) is 9.47 Å². The molecule has 1 aliphatic rings. The molecule has 0 amide bonds. The van der Waals surface area contributed by atoms with Gasteiger partial charge in [-0.3, -0.25) is 0 Å². The average molecular weight is 255 g/mol. The highest BCUT2D eigenvalue weighted by Crippen LogP contribution is 2.30. The second-order valence-corrected chi connectivity index (χ2v) is 4.23. The summed E-state index contributed by atoms with van der Waals surface area (Å²) in [4.78, 5) is 0. The fraction of sp³-hybridized carbons (Fsp3) is 0.133. The molecular weight excluding hydrogens is 242 g/mol. The van der Waals surface area contributed by atoms with Crippen molar-refractivity contribution < 1.29 is 14.2 Å². The number of para-hydroxylation sites is 2. The SMILES string of the molecule is COc1ccc(C2=[N+]([O-])c3ccccc3OC2)cc1. The Morgan fingerprint density at radius 2 is 1.84 bits per heavy atom. The standard InChI is InChI=1S/C15H13NO3/c1-18-12-8-6-11(7-9-12)14-10-19-15-5-3-2-4-13(15)16(14)17/h2-9H,10H2,1H3. The summed E-state index contributed by atoms with van der Waals surface area (Å²) < 4.78 is 11.6. The van der Waals surface area contributed by atoms with E-state index in [1.54, 1.807) is 19.2 Å². The first-order chi connectivity index (χ1) is 9.29. The molecule has 1 heterocycles. The summed E-state index contributed by atoms with van der Waals surface area (Å²) in [5, 5.41) is 12.3. The average Bonchev–Trinajstić information content (AvgIpc) is 2.48. The van der Waals surface area contributed by atoms with E-state index < -0.39 is 0 Å². The van der Waals surface area contributed by atoms with Gasteiger partial charge < -0.3 is 14.7 Å². The third-order valence-electron chi connectivity index (χ3n) is 3.12. The van der Waals surface area contributed by atoms with Crippen molar-refractivity contribution in [3.05, 3.63) is 59.3 Å². The molecule has 0 unspecified atom stereocenters. The first-order valence-corrected chi connectivity index (χ1v) is 5.99. The first kappa shape index (κ1) is 11.6. The van der Waals surface area contributed by atoms with Gasteiger partial charge in [0.05, 0.1) is 7.11 Å². The van der Waals surface area contributed by atoms with Gasteiger partial charge in [0.1, 0.15) is 5.75 Å². The molecule has 0 atom stereocenters. The maximum atomic E-state index is 12.3. The Kier molecular flexibility index (Phi) is 2.83. The highest BCUT2D eigenvalue weighted by molar-refractivity contribution is 5.99. The van der Waals surface area contributed by atoms with Crippen LogP contribution in [0.1, 0.15) is 5.56 Å². The van der Waals surface area contributed by atoms with Crippen LogP contribution in [0.15, 0.2) is 48.5 Å². The molecule has 0 aromatic heterocycles. The minimum atomic E-state index is 0.271. The maximum absolute atomic E-state index is 12.3. The summed E-state index contributed by atoms with van der Waals surface area (Å²) in [7, 11) is 1.61. The number of hydrogen-bond donors (Lipinski definition) is 0. The number of benzene rings is 2. The van der Waals surface area contributed by atoms with Crippen molar-refractivity contribution in [2.75, 3.05) is 13.7 Å². The number of rotatable bonds is 2. The highest BCUT2D eigenvalue weighted by Gasteiger charge is 2.24. The second kappa shape index (κ2) is 4.65. The van der Waals surface area contributed by atoms with E-state index >= 15 is 0 Å². The summed E-state index contributed by atoms with van der Waals surface area (Å²) >= 11 is 0. The Hall–Kier alpha value is -2.49. The van der Waals surface area contributed by atoms with Crippen LogP contribution in [0.5, 0.6) is 11.5 Å². The summed E-state index contributed by atoms with van der Waals surface area (Å²) in [6, 6.07) is 14.6. The van der Waals surface area contributed by atoms with Crippen LogP contribution in [0.3, 0.4) is 0 Å². The number of nitrogens with zero attached hydrogens (tertiary/aromatic N) is 1. The van der Waals surface area contributed by atoms with Gasteiger partial charge in [-0.15, -0.1) is 0 Å². The van der Waals surface area contributed by atoms with Gasteiger partial charge in [0.25, 0.3) is 5.69 Å². The summed E-state index contributed by atoms with van der Waals surface area (Å²) in [5.74, 6) is 1.38. The molecule has 2 aromatic rings. The van der Waals surface area contributed by atoms with E-state index in [-0.39, 0.29) is 6.61 Å². The molecule has 4 heteroatoms. The van der Waals surface area contributed by atoms with Crippen molar-refractivity contribution in [2.45, 2.75) is 0 Å². The zero-order chi connectivity index (χ0) is 13.2. The molecule has 1 aliphatic heterocycles. The van der Waals surface area contributed by atoms with E-state index in [0.717, 1.165) is 16.1 Å². The number of hydrogen-bond acceptors (Lipinski definition) is 3. The first-order valence-electron chi connectivity index (χ1n) is 5.99. The second-order valence-electron chi connectivity index (χ2n) is 4.23. The number of methoxy groups -OCH3 is 1. The molecule has 0 saturated carbocycles. The summed E-state index contributed by atoms with van der Waals surface area (Å²) in [6.45, 7) is 0.271. The lowest BCUT2D eigenvalue weighted by Gasteiger charge is -2.18. The van der Waals surface area contributed by atoms with Crippen molar-refractivity contribution in [1.29, 1.82) is 0 Å². The fourth-order valence-electron chi connectivity index (χ4n) is 2.08. The van der Waals surface area contributed by atoms with Gasteiger partial charge in [-0.2, -0.15) is 4.74 Å². The van der Waals surface area contributed by atoms with Gasteiger partial charge in [-0.25, -0.2) is 0 Å². The minimum absolute atomic E-state index is 0.271. The van der Waals surface area contributed by atoms with Gasteiger partial charge in [0.15, 0.2) is 12.4 Å². The van der Waals surface area contributed by atoms with Gasteiger partial charge >= 0.3 is 0 Å². The van der Waals surface area contributed by atoms with Crippen LogP contribution < -0.4 is 9.47 Å². The predicted molar refractivity (Wildman–Crippen MR) is 72.3 cm³/mol. The Morgan fingerprint density at radius 1 is 1.11 bits per heavy atom. The molecule has 0 radical (unpaired) electrons. The Balaban J connectivity index is 2.05. The zero-order valence-electron chi connectivity index (χ0n) is 10.5. The highest BCUT2D eigenvalue weighted by atomic mass is 16.5. The lowest BCUT2D eigenvalue weighted by atomic mass is 10.1. The van der Waals surface area contributed by atoms with Gasteiger partial charge in [0, 0.05) is 11.6 Å². The largest absolute Gasteiger partial charge is 0.618 e. The van der Waals surface area contributed by atoms with Crippen LogP contribution in [-0.4, -0.2) is 24.2 Å². The van der Waals surface area contributed by atoms with Crippen LogP contribution in [-0.2, 0) is 0 Å². The maximum Gasteiger partial charge on any atom is 0.259 e. The van der Waals surface area contributed by atoms with E-state index in [2.05, 4.69) is 0 Å². The molecule has 0 fully saturated rings. The molecule has 3 rings (SSSR count). The van der Waals surface area contributed by atoms with Crippen molar-refractivity contribution in [1.82, 2.24) is 0 Å². The van der Waals surface area contributed by atoms with Crippen molar-refractivity contribution >= 4 is 11.4 Å². The van der Waals surface area contributed by atoms with Crippen molar-refractivity contribution in [2.24, 2.45) is 0 Å². The minimum Gasteiger partial charge on any atom is -0.618 e. The van der Waals surface area contributed by atoms with Crippen LogP contribution in [0.2, 0.25) is 0 Å². The van der Waals surface area contributed by atoms with Crippen molar-refractivity contribution in [3.8, 4) is 11.5 Å². The van der Waals surface area contributed by atoms with E-state index in [1.807, 2.05) is 36.4 Å². The monoisotopic (exact) mass is 255 g/mol. The quantitative estimate of drug-likeness (QED) is 0.612. The van der Waals surface area contributed by atoms with Crippen LogP contribution in [0.4, 0.5) is 5.69 Å². The topological polar surface area (TPSA) is 44.5 Å². The van der Waals surface area contributed by atoms with E-state index in [0.29, 0.717) is 17.1 Å². The zero-order valence-corrected chi connectivity index (χ0v) is 10.5. The normalized spacial score (nSPS) is 13.7. The smallest absolute Gasteiger partial charge is 0.259 e. The van der Waals surface area contributed by atoms with Crippen LogP contribution in [0, 0.1) is 5.21 Å². The fourth-order valence-corrected chi connectivity index (χ4v) is 2.08. The van der Waals surface area contributed by atoms with Crippen molar-refractivity contribution in [3.63, 3.8) is 0 Å². The van der Waals surface area contributed by atoms with Crippen LogP contribution in [0.25, 0.3) is 0 Å².